The maximum Gasteiger partial charge on any atom is 0.303 e. The van der Waals surface area contributed by atoms with Crippen molar-refractivity contribution in [3.05, 3.63) is 29.6 Å². The van der Waals surface area contributed by atoms with E-state index in [1.54, 1.807) is 6.07 Å². The number of fused-ring (bicyclic) bond motifs is 1. The lowest BCUT2D eigenvalue weighted by molar-refractivity contribution is -0.137. The van der Waals surface area contributed by atoms with Gasteiger partial charge in [0.2, 0.25) is 0 Å². The van der Waals surface area contributed by atoms with Crippen molar-refractivity contribution in [2.24, 2.45) is 0 Å². The minimum absolute atomic E-state index is 0.117. The highest BCUT2D eigenvalue weighted by Gasteiger charge is 2.24. The van der Waals surface area contributed by atoms with Gasteiger partial charge < -0.3 is 10.4 Å². The highest BCUT2D eigenvalue weighted by atomic mass is 19.1. The monoisotopic (exact) mass is 209 g/mol. The molecule has 0 saturated heterocycles. The summed E-state index contributed by atoms with van der Waals surface area (Å²) in [5, 5.41) is 11.6. The fourth-order valence-electron chi connectivity index (χ4n) is 1.96. The lowest BCUT2D eigenvalue weighted by Crippen LogP contribution is -2.05. The molecule has 1 heterocycles. The first-order chi connectivity index (χ1) is 7.18. The second-order valence-corrected chi connectivity index (χ2v) is 3.71. The van der Waals surface area contributed by atoms with E-state index in [2.05, 4.69) is 5.32 Å². The molecule has 0 amide bonds. The van der Waals surface area contributed by atoms with E-state index < -0.39 is 5.97 Å². The lowest BCUT2D eigenvalue weighted by Gasteiger charge is -2.07. The Morgan fingerprint density at radius 3 is 3.13 bits per heavy atom. The normalized spacial score (nSPS) is 18.3. The van der Waals surface area contributed by atoms with E-state index in [0.29, 0.717) is 18.7 Å². The summed E-state index contributed by atoms with van der Waals surface area (Å²) < 4.78 is 13.3. The van der Waals surface area contributed by atoms with Crippen LogP contribution in [0.5, 0.6) is 0 Å². The average molecular weight is 209 g/mol. The van der Waals surface area contributed by atoms with Gasteiger partial charge in [-0.25, -0.2) is 4.39 Å². The summed E-state index contributed by atoms with van der Waals surface area (Å²) in [5.41, 5.74) is 1.43. The quantitative estimate of drug-likeness (QED) is 0.802. The number of rotatable bonds is 3. The number of para-hydroxylation sites is 1. The topological polar surface area (TPSA) is 49.3 Å². The minimum atomic E-state index is -0.806. The summed E-state index contributed by atoms with van der Waals surface area (Å²) in [6.45, 7) is 0.629. The molecule has 1 aliphatic heterocycles. The second kappa shape index (κ2) is 3.88. The first kappa shape index (κ1) is 9.96. The maximum absolute atomic E-state index is 13.3. The molecule has 1 aromatic carbocycles. The molecule has 1 unspecified atom stereocenters. The fraction of sp³-hybridized carbons (Fsp3) is 0.364. The van der Waals surface area contributed by atoms with Crippen molar-refractivity contribution in [2.75, 3.05) is 11.9 Å². The zero-order valence-corrected chi connectivity index (χ0v) is 8.16. The van der Waals surface area contributed by atoms with Gasteiger partial charge in [0.05, 0.1) is 5.69 Å². The summed E-state index contributed by atoms with van der Waals surface area (Å²) in [5.74, 6) is -0.947. The Balaban J connectivity index is 2.14. The van der Waals surface area contributed by atoms with E-state index in [1.165, 1.54) is 6.07 Å². The van der Waals surface area contributed by atoms with Crippen LogP contribution in [0.25, 0.3) is 0 Å². The van der Waals surface area contributed by atoms with E-state index in [4.69, 9.17) is 5.11 Å². The Morgan fingerprint density at radius 1 is 1.60 bits per heavy atom. The van der Waals surface area contributed by atoms with Gasteiger partial charge in [-0.05, 0) is 18.1 Å². The zero-order valence-electron chi connectivity index (χ0n) is 8.16. The van der Waals surface area contributed by atoms with E-state index in [-0.39, 0.29) is 18.2 Å². The number of benzene rings is 1. The van der Waals surface area contributed by atoms with E-state index >= 15 is 0 Å². The number of carboxylic acid groups (broad SMARTS) is 1. The second-order valence-electron chi connectivity index (χ2n) is 3.71. The number of hydrogen-bond acceptors (Lipinski definition) is 2. The van der Waals surface area contributed by atoms with Gasteiger partial charge in [-0.1, -0.05) is 12.1 Å². The van der Waals surface area contributed by atoms with Crippen molar-refractivity contribution in [1.82, 2.24) is 0 Å². The van der Waals surface area contributed by atoms with Gasteiger partial charge in [0, 0.05) is 18.9 Å². The summed E-state index contributed by atoms with van der Waals surface area (Å²) in [4.78, 5) is 10.4. The molecular formula is C11H12FNO2. The molecule has 4 heteroatoms. The van der Waals surface area contributed by atoms with Crippen molar-refractivity contribution in [3.63, 3.8) is 0 Å². The molecule has 15 heavy (non-hydrogen) atoms. The van der Waals surface area contributed by atoms with Crippen LogP contribution in [0, 0.1) is 5.82 Å². The average Bonchev–Trinajstić information content (AvgIpc) is 2.59. The molecule has 1 aliphatic rings. The first-order valence-corrected chi connectivity index (χ1v) is 4.92. The predicted octanol–water partition coefficient (Wildman–Crippen LogP) is 2.20. The summed E-state index contributed by atoms with van der Waals surface area (Å²) in [6, 6.07) is 4.92. The molecule has 0 saturated carbocycles. The molecule has 0 aromatic heterocycles. The first-order valence-electron chi connectivity index (χ1n) is 4.92. The van der Waals surface area contributed by atoms with Gasteiger partial charge >= 0.3 is 5.97 Å². The number of anilines is 1. The van der Waals surface area contributed by atoms with E-state index in [1.807, 2.05) is 6.07 Å². The predicted molar refractivity (Wildman–Crippen MR) is 54.5 cm³/mol. The Hall–Kier alpha value is -1.58. The van der Waals surface area contributed by atoms with E-state index in [0.717, 1.165) is 5.56 Å². The van der Waals surface area contributed by atoms with Crippen LogP contribution in [-0.2, 0) is 4.79 Å². The van der Waals surface area contributed by atoms with Gasteiger partial charge in [-0.2, -0.15) is 0 Å². The third-order valence-corrected chi connectivity index (χ3v) is 2.72. The summed E-state index contributed by atoms with van der Waals surface area (Å²) >= 11 is 0. The Morgan fingerprint density at radius 2 is 2.40 bits per heavy atom. The summed E-state index contributed by atoms with van der Waals surface area (Å²) in [7, 11) is 0. The van der Waals surface area contributed by atoms with Gasteiger partial charge in [0.15, 0.2) is 0 Å². The van der Waals surface area contributed by atoms with Crippen LogP contribution in [0.2, 0.25) is 0 Å². The number of hydrogen-bond donors (Lipinski definition) is 2. The molecular weight excluding hydrogens is 197 g/mol. The Kier molecular flexibility index (Phi) is 2.58. The third-order valence-electron chi connectivity index (χ3n) is 2.72. The van der Waals surface area contributed by atoms with Crippen molar-refractivity contribution >= 4 is 11.7 Å². The van der Waals surface area contributed by atoms with Crippen LogP contribution < -0.4 is 5.32 Å². The minimum Gasteiger partial charge on any atom is -0.481 e. The number of carboxylic acids is 1. The van der Waals surface area contributed by atoms with Crippen molar-refractivity contribution in [1.29, 1.82) is 0 Å². The molecule has 2 rings (SSSR count). The molecule has 1 atom stereocenters. The third kappa shape index (κ3) is 1.93. The van der Waals surface area contributed by atoms with Crippen LogP contribution in [0.3, 0.4) is 0 Å². The maximum atomic E-state index is 13.3. The largest absolute Gasteiger partial charge is 0.481 e. The van der Waals surface area contributed by atoms with Crippen molar-refractivity contribution in [3.8, 4) is 0 Å². The summed E-state index contributed by atoms with van der Waals surface area (Å²) in [6.07, 6.45) is 0.682. The standard InChI is InChI=1S/C11H12FNO2/c12-9-3-1-2-8-7(4-5-10(14)15)6-13-11(8)9/h1-3,7,13H,4-6H2,(H,14,15). The number of aliphatic carboxylic acids is 1. The van der Waals surface area contributed by atoms with Gasteiger partial charge in [0.25, 0.3) is 0 Å². The highest BCUT2D eigenvalue weighted by molar-refractivity contribution is 5.67. The van der Waals surface area contributed by atoms with Crippen LogP contribution in [0.4, 0.5) is 10.1 Å². The molecule has 0 aliphatic carbocycles. The molecule has 0 bridgehead atoms. The zero-order chi connectivity index (χ0) is 10.8. The Bertz CT molecular complexity index is 392. The number of carbonyl (C=O) groups is 1. The van der Waals surface area contributed by atoms with Crippen LogP contribution in [0.1, 0.15) is 24.3 Å². The molecule has 3 nitrogen and oxygen atoms in total. The van der Waals surface area contributed by atoms with Gasteiger partial charge in [-0.15, -0.1) is 0 Å². The molecule has 0 spiro atoms. The Labute approximate surface area is 86.9 Å². The SMILES string of the molecule is O=C(O)CCC1CNc2c(F)cccc21. The van der Waals surface area contributed by atoms with Crippen LogP contribution in [0.15, 0.2) is 18.2 Å². The smallest absolute Gasteiger partial charge is 0.303 e. The molecule has 80 valence electrons. The van der Waals surface area contributed by atoms with Crippen LogP contribution >= 0.6 is 0 Å². The molecule has 1 aromatic rings. The molecule has 0 fully saturated rings. The van der Waals surface area contributed by atoms with Crippen molar-refractivity contribution < 1.29 is 14.3 Å². The number of nitrogens with one attached hydrogen (secondary N) is 1. The van der Waals surface area contributed by atoms with E-state index in [9.17, 15) is 9.18 Å². The lowest BCUT2D eigenvalue weighted by atomic mass is 9.96. The number of halogens is 1. The van der Waals surface area contributed by atoms with Crippen LogP contribution in [-0.4, -0.2) is 17.6 Å². The fourth-order valence-corrected chi connectivity index (χ4v) is 1.96. The molecule has 0 radical (unpaired) electrons. The van der Waals surface area contributed by atoms with Gasteiger partial charge in [-0.3, -0.25) is 4.79 Å². The highest BCUT2D eigenvalue weighted by Crippen LogP contribution is 2.35. The molecule has 2 N–H and O–H groups in total. The van der Waals surface area contributed by atoms with Gasteiger partial charge in [0.1, 0.15) is 5.82 Å². The van der Waals surface area contributed by atoms with Crippen molar-refractivity contribution in [2.45, 2.75) is 18.8 Å².